The quantitative estimate of drug-likeness (QED) is 0.305. The van der Waals surface area contributed by atoms with Crippen molar-refractivity contribution in [3.05, 3.63) is 76.6 Å². The zero-order valence-corrected chi connectivity index (χ0v) is 18.8. The fourth-order valence-corrected chi connectivity index (χ4v) is 4.36. The van der Waals surface area contributed by atoms with E-state index in [-0.39, 0.29) is 5.75 Å². The van der Waals surface area contributed by atoms with E-state index in [4.69, 9.17) is 20.8 Å². The number of hydrogen-bond donors (Lipinski definition) is 2. The highest BCUT2D eigenvalue weighted by molar-refractivity contribution is 7.22. The van der Waals surface area contributed by atoms with E-state index in [1.165, 1.54) is 18.4 Å². The molecule has 0 saturated carbocycles. The molecule has 0 radical (unpaired) electrons. The molecule has 0 saturated heterocycles. The molecule has 2 N–H and O–H groups in total. The van der Waals surface area contributed by atoms with Crippen molar-refractivity contribution in [1.29, 1.82) is 0 Å². The lowest BCUT2D eigenvalue weighted by Crippen LogP contribution is -2.07. The Morgan fingerprint density at radius 2 is 1.97 bits per heavy atom. The van der Waals surface area contributed by atoms with Crippen LogP contribution in [0, 0.1) is 6.92 Å². The molecule has 2 aromatic heterocycles. The lowest BCUT2D eigenvalue weighted by molar-refractivity contribution is 0.373. The number of rotatable bonds is 4. The molecule has 5 rings (SSSR count). The number of aromatic nitrogens is 1. The number of nitrogens with one attached hydrogen (secondary N) is 1. The second-order valence-corrected chi connectivity index (χ2v) is 8.63. The summed E-state index contributed by atoms with van der Waals surface area (Å²) in [6.45, 7) is 1.92. The van der Waals surface area contributed by atoms with Gasteiger partial charge in [0.15, 0.2) is 11.5 Å². The normalized spacial score (nSPS) is 11.9. The van der Waals surface area contributed by atoms with E-state index in [2.05, 4.69) is 15.5 Å². The first-order valence-electron chi connectivity index (χ1n) is 9.78. The second-order valence-electron chi connectivity index (χ2n) is 7.19. The summed E-state index contributed by atoms with van der Waals surface area (Å²) in [5.74, 6) is 0.987. The fraction of sp³-hybridized carbons (Fsp3) is 0.0833. The summed E-state index contributed by atoms with van der Waals surface area (Å²) in [6, 6.07) is 18.5. The van der Waals surface area contributed by atoms with E-state index < -0.39 is 0 Å². The maximum Gasteiger partial charge on any atom is 0.204 e. The lowest BCUT2D eigenvalue weighted by atomic mass is 10.1. The summed E-state index contributed by atoms with van der Waals surface area (Å²) in [4.78, 5) is 4.57. The zero-order valence-electron chi connectivity index (χ0n) is 17.2. The molecule has 0 atom stereocenters. The minimum Gasteiger partial charge on any atom is -0.504 e. The molecule has 5 aromatic rings. The fourth-order valence-electron chi connectivity index (χ4n) is 3.38. The molecule has 8 heteroatoms. The third kappa shape index (κ3) is 3.77. The van der Waals surface area contributed by atoms with Crippen molar-refractivity contribution in [2.45, 2.75) is 6.92 Å². The van der Waals surface area contributed by atoms with Crippen LogP contribution in [-0.4, -0.2) is 17.2 Å². The van der Waals surface area contributed by atoms with Crippen molar-refractivity contribution in [1.82, 2.24) is 4.98 Å². The number of benzene rings is 3. The molecular formula is C24H18ClN3O3S. The highest BCUT2D eigenvalue weighted by Crippen LogP contribution is 2.33. The molecule has 0 aliphatic heterocycles. The standard InChI is InChI=1S/C24H18ClN3O3S/c1-13-9-21-15(11-16(13)25)18(27-28-24-26-17-5-3-4-6-23(17)32-24)12-20(31-21)14-7-8-19(29)22(10-14)30-2/h3-12,29H,1-2H3,(H,26,28)/b27-18+. The van der Waals surface area contributed by atoms with Gasteiger partial charge >= 0.3 is 0 Å². The molecular weight excluding hydrogens is 446 g/mol. The first-order chi connectivity index (χ1) is 15.5. The van der Waals surface area contributed by atoms with Gasteiger partial charge in [0.2, 0.25) is 5.13 Å². The van der Waals surface area contributed by atoms with Gasteiger partial charge < -0.3 is 14.3 Å². The van der Waals surface area contributed by atoms with Crippen LogP contribution in [0.1, 0.15) is 5.56 Å². The van der Waals surface area contributed by atoms with Crippen LogP contribution in [0.4, 0.5) is 5.13 Å². The summed E-state index contributed by atoms with van der Waals surface area (Å²) in [5, 5.41) is 17.3. The third-order valence-electron chi connectivity index (χ3n) is 5.05. The van der Waals surface area contributed by atoms with E-state index >= 15 is 0 Å². The predicted molar refractivity (Wildman–Crippen MR) is 128 cm³/mol. The zero-order chi connectivity index (χ0) is 22.2. The number of hydrogen-bond acceptors (Lipinski definition) is 7. The third-order valence-corrected chi connectivity index (χ3v) is 6.40. The van der Waals surface area contributed by atoms with Crippen molar-refractivity contribution in [2.24, 2.45) is 5.10 Å². The highest BCUT2D eigenvalue weighted by Gasteiger charge is 2.11. The van der Waals surface area contributed by atoms with Crippen LogP contribution in [0.5, 0.6) is 11.5 Å². The Balaban J connectivity index is 1.67. The predicted octanol–water partition coefficient (Wildman–Crippen LogP) is 6.31. The SMILES string of the molecule is COc1cc(-c2c/c(=N\Nc3nc4ccccc4s3)c3cc(Cl)c(C)cc3o2)ccc1O. The number of para-hydroxylation sites is 1. The van der Waals surface area contributed by atoms with E-state index in [9.17, 15) is 5.11 Å². The van der Waals surface area contributed by atoms with Crippen LogP contribution in [0.3, 0.4) is 0 Å². The van der Waals surface area contributed by atoms with Crippen LogP contribution in [-0.2, 0) is 0 Å². The second kappa shape index (κ2) is 8.18. The number of thiazole rings is 1. The van der Waals surface area contributed by atoms with Crippen molar-refractivity contribution < 1.29 is 14.3 Å². The molecule has 0 aliphatic carbocycles. The minimum atomic E-state index is 0.0575. The maximum atomic E-state index is 9.94. The Bertz CT molecular complexity index is 1510. The Morgan fingerprint density at radius 3 is 2.78 bits per heavy atom. The Morgan fingerprint density at radius 1 is 1.12 bits per heavy atom. The largest absolute Gasteiger partial charge is 0.504 e. The van der Waals surface area contributed by atoms with Crippen molar-refractivity contribution in [3.8, 4) is 22.8 Å². The lowest BCUT2D eigenvalue weighted by Gasteiger charge is -2.09. The van der Waals surface area contributed by atoms with Gasteiger partial charge in [-0.3, -0.25) is 5.43 Å². The molecule has 0 amide bonds. The molecule has 0 fully saturated rings. The van der Waals surface area contributed by atoms with Gasteiger partial charge in [-0.05, 0) is 55.0 Å². The van der Waals surface area contributed by atoms with E-state index in [1.807, 2.05) is 49.4 Å². The molecule has 0 unspecified atom stereocenters. The van der Waals surface area contributed by atoms with E-state index in [0.29, 0.717) is 32.6 Å². The van der Waals surface area contributed by atoms with Crippen LogP contribution in [0.2, 0.25) is 5.02 Å². The Labute approximate surface area is 192 Å². The van der Waals surface area contributed by atoms with E-state index in [0.717, 1.165) is 26.7 Å². The van der Waals surface area contributed by atoms with Gasteiger partial charge in [-0.15, -0.1) is 0 Å². The molecule has 2 heterocycles. The summed E-state index contributed by atoms with van der Waals surface area (Å²) in [6.07, 6.45) is 0. The van der Waals surface area contributed by atoms with Crippen molar-refractivity contribution in [3.63, 3.8) is 0 Å². The van der Waals surface area contributed by atoms with Crippen LogP contribution in [0.15, 0.2) is 70.2 Å². The number of aromatic hydroxyl groups is 1. The van der Waals surface area contributed by atoms with E-state index in [1.54, 1.807) is 18.2 Å². The van der Waals surface area contributed by atoms with Gasteiger partial charge in [0.1, 0.15) is 11.3 Å². The summed E-state index contributed by atoms with van der Waals surface area (Å²) < 4.78 is 12.5. The molecule has 160 valence electrons. The molecule has 3 aromatic carbocycles. The molecule has 6 nitrogen and oxygen atoms in total. The van der Waals surface area contributed by atoms with Gasteiger partial charge in [0.25, 0.3) is 0 Å². The van der Waals surface area contributed by atoms with Gasteiger partial charge in [-0.25, -0.2) is 4.98 Å². The van der Waals surface area contributed by atoms with Gasteiger partial charge in [0.05, 0.1) is 22.7 Å². The topological polar surface area (TPSA) is 79.9 Å². The van der Waals surface area contributed by atoms with Gasteiger partial charge in [-0.2, -0.15) is 5.10 Å². The number of ether oxygens (including phenoxy) is 1. The Kier molecular flexibility index (Phi) is 5.20. The summed E-state index contributed by atoms with van der Waals surface area (Å²) >= 11 is 7.91. The molecule has 32 heavy (non-hydrogen) atoms. The van der Waals surface area contributed by atoms with Crippen LogP contribution < -0.4 is 15.5 Å². The molecule has 0 bridgehead atoms. The highest BCUT2D eigenvalue weighted by atomic mass is 35.5. The minimum absolute atomic E-state index is 0.0575. The summed E-state index contributed by atoms with van der Waals surface area (Å²) in [7, 11) is 1.50. The number of aryl methyl sites for hydroxylation is 1. The number of fused-ring (bicyclic) bond motifs is 2. The monoisotopic (exact) mass is 463 g/mol. The average Bonchev–Trinajstić information content (AvgIpc) is 3.21. The summed E-state index contributed by atoms with van der Waals surface area (Å²) in [5.41, 5.74) is 6.26. The number of methoxy groups -OCH3 is 1. The smallest absolute Gasteiger partial charge is 0.204 e. The van der Waals surface area contributed by atoms with Crippen molar-refractivity contribution >= 4 is 49.3 Å². The maximum absolute atomic E-state index is 9.94. The molecule has 0 spiro atoms. The number of halogens is 1. The average molecular weight is 464 g/mol. The van der Waals surface area contributed by atoms with Crippen LogP contribution >= 0.6 is 22.9 Å². The number of anilines is 1. The van der Waals surface area contributed by atoms with Crippen LogP contribution in [0.25, 0.3) is 32.5 Å². The first-order valence-corrected chi connectivity index (χ1v) is 11.0. The number of nitrogens with zero attached hydrogens (tertiary/aromatic N) is 2. The molecule has 0 aliphatic rings. The first kappa shape index (κ1) is 20.4. The Hall–Kier alpha value is -3.55. The number of phenolic OH excluding ortho intramolecular Hbond substituents is 1. The van der Waals surface area contributed by atoms with Crippen molar-refractivity contribution in [2.75, 3.05) is 12.5 Å². The van der Waals surface area contributed by atoms with Gasteiger partial charge in [-0.1, -0.05) is 35.1 Å². The van der Waals surface area contributed by atoms with Gasteiger partial charge in [0, 0.05) is 22.0 Å². The number of phenols is 1.